The summed E-state index contributed by atoms with van der Waals surface area (Å²) in [4.78, 5) is 11.1. The van der Waals surface area contributed by atoms with Gasteiger partial charge in [-0.05, 0) is 6.92 Å². The molecule has 0 saturated heterocycles. The number of aromatic nitrogens is 2. The lowest BCUT2D eigenvalue weighted by Gasteiger charge is -1.90. The van der Waals surface area contributed by atoms with Crippen molar-refractivity contribution in [3.05, 3.63) is 18.0 Å². The van der Waals surface area contributed by atoms with E-state index in [4.69, 9.17) is 0 Å². The van der Waals surface area contributed by atoms with Crippen molar-refractivity contribution in [2.75, 3.05) is 0 Å². The minimum absolute atomic E-state index is 0.157. The van der Waals surface area contributed by atoms with E-state index in [9.17, 15) is 4.79 Å². The maximum Gasteiger partial charge on any atom is 0.165 e. The van der Waals surface area contributed by atoms with Crippen molar-refractivity contribution in [2.24, 2.45) is 0 Å². The van der Waals surface area contributed by atoms with Crippen molar-refractivity contribution in [2.45, 2.75) is 26.8 Å². The van der Waals surface area contributed by atoms with Crippen LogP contribution in [0.5, 0.6) is 0 Å². The van der Waals surface area contributed by atoms with Crippen molar-refractivity contribution in [3.8, 4) is 0 Å². The van der Waals surface area contributed by atoms with E-state index in [-0.39, 0.29) is 5.78 Å². The van der Waals surface area contributed by atoms with Crippen LogP contribution in [-0.4, -0.2) is 15.6 Å². The smallest absolute Gasteiger partial charge is 0.165 e. The van der Waals surface area contributed by atoms with Gasteiger partial charge in [0.25, 0.3) is 0 Å². The maximum absolute atomic E-state index is 11.1. The highest BCUT2D eigenvalue weighted by Gasteiger charge is 2.04. The summed E-state index contributed by atoms with van der Waals surface area (Å²) >= 11 is 0. The Bertz CT molecular complexity index is 252. The van der Waals surface area contributed by atoms with Gasteiger partial charge < -0.3 is 0 Å². The van der Waals surface area contributed by atoms with E-state index in [0.29, 0.717) is 12.0 Å². The molecule has 0 aromatic carbocycles. The topological polar surface area (TPSA) is 34.9 Å². The number of hydrogen-bond donors (Lipinski definition) is 0. The molecule has 0 aliphatic rings. The standard InChI is InChI=1S/C8H12N2O/c1-3-8(11)7-5-9-10(4-2)6-7/h5-6H,3-4H2,1-2H3. The van der Waals surface area contributed by atoms with Crippen LogP contribution in [0, 0.1) is 0 Å². The first-order valence-electron chi connectivity index (χ1n) is 3.83. The highest BCUT2D eigenvalue weighted by atomic mass is 16.1. The highest BCUT2D eigenvalue weighted by molar-refractivity contribution is 5.95. The second-order valence-corrected chi connectivity index (χ2v) is 2.36. The van der Waals surface area contributed by atoms with Crippen molar-refractivity contribution in [1.82, 2.24) is 9.78 Å². The third-order valence-electron chi connectivity index (χ3n) is 1.60. The largest absolute Gasteiger partial charge is 0.294 e. The molecule has 3 nitrogen and oxygen atoms in total. The molecular weight excluding hydrogens is 140 g/mol. The van der Waals surface area contributed by atoms with Gasteiger partial charge in [0.15, 0.2) is 5.78 Å². The Morgan fingerprint density at radius 1 is 1.64 bits per heavy atom. The minimum atomic E-state index is 0.157. The summed E-state index contributed by atoms with van der Waals surface area (Å²) < 4.78 is 1.75. The first-order chi connectivity index (χ1) is 5.27. The van der Waals surface area contributed by atoms with Crippen LogP contribution < -0.4 is 0 Å². The molecule has 0 bridgehead atoms. The summed E-state index contributed by atoms with van der Waals surface area (Å²) in [5.41, 5.74) is 0.717. The molecule has 0 saturated carbocycles. The van der Waals surface area contributed by atoms with E-state index in [1.165, 1.54) is 0 Å². The van der Waals surface area contributed by atoms with Crippen molar-refractivity contribution in [3.63, 3.8) is 0 Å². The fourth-order valence-corrected chi connectivity index (χ4v) is 0.885. The van der Waals surface area contributed by atoms with E-state index in [1.807, 2.05) is 13.8 Å². The van der Waals surface area contributed by atoms with Crippen LogP contribution in [0.15, 0.2) is 12.4 Å². The minimum Gasteiger partial charge on any atom is -0.294 e. The summed E-state index contributed by atoms with van der Waals surface area (Å²) in [5.74, 6) is 0.157. The van der Waals surface area contributed by atoms with Gasteiger partial charge in [-0.1, -0.05) is 6.92 Å². The lowest BCUT2D eigenvalue weighted by Crippen LogP contribution is -1.95. The molecule has 0 N–H and O–H groups in total. The predicted octanol–water partition coefficient (Wildman–Crippen LogP) is 1.50. The Kier molecular flexibility index (Phi) is 2.41. The summed E-state index contributed by atoms with van der Waals surface area (Å²) in [5, 5.41) is 4.00. The van der Waals surface area contributed by atoms with Crippen LogP contribution in [0.2, 0.25) is 0 Å². The molecule has 60 valence electrons. The van der Waals surface area contributed by atoms with Gasteiger partial charge in [-0.15, -0.1) is 0 Å². The summed E-state index contributed by atoms with van der Waals surface area (Å²) in [6.45, 7) is 4.66. The van der Waals surface area contributed by atoms with Crippen molar-refractivity contribution in [1.29, 1.82) is 0 Å². The monoisotopic (exact) mass is 152 g/mol. The zero-order chi connectivity index (χ0) is 8.27. The third-order valence-corrected chi connectivity index (χ3v) is 1.60. The molecule has 1 rings (SSSR count). The zero-order valence-electron chi connectivity index (χ0n) is 6.87. The van der Waals surface area contributed by atoms with Gasteiger partial charge in [0.2, 0.25) is 0 Å². The molecule has 3 heteroatoms. The molecule has 11 heavy (non-hydrogen) atoms. The molecule has 0 unspecified atom stereocenters. The molecule has 1 heterocycles. The average Bonchev–Trinajstić information content (AvgIpc) is 2.50. The van der Waals surface area contributed by atoms with Gasteiger partial charge in [-0.25, -0.2) is 0 Å². The summed E-state index contributed by atoms with van der Waals surface area (Å²) in [7, 11) is 0. The quantitative estimate of drug-likeness (QED) is 0.615. The first-order valence-corrected chi connectivity index (χ1v) is 3.83. The van der Waals surface area contributed by atoms with Crippen LogP contribution >= 0.6 is 0 Å². The van der Waals surface area contributed by atoms with E-state index < -0.39 is 0 Å². The SMILES string of the molecule is CCC(=O)c1cnn(CC)c1. The lowest BCUT2D eigenvalue weighted by atomic mass is 10.2. The van der Waals surface area contributed by atoms with E-state index >= 15 is 0 Å². The molecule has 0 aliphatic carbocycles. The van der Waals surface area contributed by atoms with Gasteiger partial charge in [0.1, 0.15) is 0 Å². The van der Waals surface area contributed by atoms with E-state index in [0.717, 1.165) is 6.54 Å². The fourth-order valence-electron chi connectivity index (χ4n) is 0.885. The predicted molar refractivity (Wildman–Crippen MR) is 42.5 cm³/mol. The number of carbonyl (C=O) groups excluding carboxylic acids is 1. The van der Waals surface area contributed by atoms with E-state index in [2.05, 4.69) is 5.10 Å². The van der Waals surface area contributed by atoms with Gasteiger partial charge in [-0.3, -0.25) is 9.48 Å². The summed E-state index contributed by atoms with van der Waals surface area (Å²) in [6, 6.07) is 0. The average molecular weight is 152 g/mol. The molecule has 0 atom stereocenters. The number of ketones is 1. The molecule has 1 aromatic rings. The number of aryl methyl sites for hydroxylation is 1. The van der Waals surface area contributed by atoms with Gasteiger partial charge in [0.05, 0.1) is 11.8 Å². The molecule has 1 aromatic heterocycles. The molecule has 0 fully saturated rings. The molecule has 0 aliphatic heterocycles. The Hall–Kier alpha value is -1.12. The van der Waals surface area contributed by atoms with Crippen LogP contribution in [0.3, 0.4) is 0 Å². The zero-order valence-corrected chi connectivity index (χ0v) is 6.87. The van der Waals surface area contributed by atoms with Crippen LogP contribution in [0.1, 0.15) is 30.6 Å². The normalized spacial score (nSPS) is 10.0. The van der Waals surface area contributed by atoms with Gasteiger partial charge in [-0.2, -0.15) is 5.10 Å². The number of Topliss-reactive ketones (excluding diaryl/α,β-unsaturated/α-hetero) is 1. The van der Waals surface area contributed by atoms with Gasteiger partial charge in [0, 0.05) is 19.2 Å². The van der Waals surface area contributed by atoms with Crippen molar-refractivity contribution >= 4 is 5.78 Å². The van der Waals surface area contributed by atoms with Crippen molar-refractivity contribution < 1.29 is 4.79 Å². The lowest BCUT2D eigenvalue weighted by molar-refractivity contribution is 0.0988. The van der Waals surface area contributed by atoms with Crippen LogP contribution in [0.4, 0.5) is 0 Å². The van der Waals surface area contributed by atoms with E-state index in [1.54, 1.807) is 17.1 Å². The molecular formula is C8H12N2O. The molecule has 0 spiro atoms. The Morgan fingerprint density at radius 2 is 2.36 bits per heavy atom. The highest BCUT2D eigenvalue weighted by Crippen LogP contribution is 2.01. The first kappa shape index (κ1) is 7.98. The number of rotatable bonds is 3. The third kappa shape index (κ3) is 1.67. The number of hydrogen-bond acceptors (Lipinski definition) is 2. The Balaban J connectivity index is 2.80. The molecule has 0 amide bonds. The number of carbonyl (C=O) groups is 1. The Morgan fingerprint density at radius 3 is 2.82 bits per heavy atom. The van der Waals surface area contributed by atoms with Gasteiger partial charge >= 0.3 is 0 Å². The second kappa shape index (κ2) is 3.32. The van der Waals surface area contributed by atoms with Crippen LogP contribution in [-0.2, 0) is 6.54 Å². The second-order valence-electron chi connectivity index (χ2n) is 2.36. The fraction of sp³-hybridized carbons (Fsp3) is 0.500. The Labute approximate surface area is 66.0 Å². The number of nitrogens with zero attached hydrogens (tertiary/aromatic N) is 2. The van der Waals surface area contributed by atoms with Crippen LogP contribution in [0.25, 0.3) is 0 Å². The summed E-state index contributed by atoms with van der Waals surface area (Å²) in [6.07, 6.45) is 3.95. The maximum atomic E-state index is 11.1. The molecule has 0 radical (unpaired) electrons.